The molecule has 110 valence electrons. The highest BCUT2D eigenvalue weighted by atomic mass is 15.2. The fourth-order valence-electron chi connectivity index (χ4n) is 2.92. The van der Waals surface area contributed by atoms with E-state index in [-0.39, 0.29) is 0 Å². The second-order valence-corrected chi connectivity index (χ2v) is 5.39. The van der Waals surface area contributed by atoms with Crippen molar-refractivity contribution in [1.82, 2.24) is 19.9 Å². The van der Waals surface area contributed by atoms with Crippen LogP contribution in [0.5, 0.6) is 0 Å². The lowest BCUT2D eigenvalue weighted by atomic mass is 9.98. The molecule has 2 aromatic rings. The normalized spacial score (nSPS) is 19.4. The van der Waals surface area contributed by atoms with Crippen LogP contribution in [-0.2, 0) is 6.54 Å². The minimum Gasteiger partial charge on any atom is -0.357 e. The summed E-state index contributed by atoms with van der Waals surface area (Å²) in [4.78, 5) is 15.4. The van der Waals surface area contributed by atoms with Crippen LogP contribution < -0.4 is 5.32 Å². The van der Waals surface area contributed by atoms with Crippen molar-refractivity contribution in [1.29, 1.82) is 0 Å². The smallest absolute Gasteiger partial charge is 0.222 e. The predicted molar refractivity (Wildman–Crippen MR) is 82.8 cm³/mol. The zero-order valence-corrected chi connectivity index (χ0v) is 12.4. The van der Waals surface area contributed by atoms with Crippen molar-refractivity contribution in [2.75, 3.05) is 18.9 Å². The number of likely N-dealkylation sites (tertiary alicyclic amines) is 1. The summed E-state index contributed by atoms with van der Waals surface area (Å²) in [7, 11) is 1.86. The molecule has 0 bridgehead atoms. The van der Waals surface area contributed by atoms with Crippen molar-refractivity contribution in [3.8, 4) is 0 Å². The first kappa shape index (κ1) is 13.9. The number of pyridine rings is 1. The molecule has 0 aliphatic carbocycles. The molecule has 21 heavy (non-hydrogen) atoms. The molecule has 1 atom stereocenters. The fraction of sp³-hybridized carbons (Fsp3) is 0.438. The van der Waals surface area contributed by atoms with Gasteiger partial charge in [-0.05, 0) is 43.1 Å². The van der Waals surface area contributed by atoms with Crippen molar-refractivity contribution < 1.29 is 0 Å². The number of nitrogens with one attached hydrogen (secondary N) is 1. The third kappa shape index (κ3) is 3.36. The summed E-state index contributed by atoms with van der Waals surface area (Å²) in [5.41, 5.74) is 2.42. The molecule has 0 spiro atoms. The number of piperidine rings is 1. The highest BCUT2D eigenvalue weighted by Crippen LogP contribution is 2.31. The van der Waals surface area contributed by atoms with Gasteiger partial charge in [-0.25, -0.2) is 9.97 Å². The van der Waals surface area contributed by atoms with Crippen molar-refractivity contribution in [3.05, 3.63) is 48.0 Å². The molecule has 1 fully saturated rings. The van der Waals surface area contributed by atoms with Crippen molar-refractivity contribution in [2.45, 2.75) is 31.8 Å². The lowest BCUT2D eigenvalue weighted by Crippen LogP contribution is -2.33. The van der Waals surface area contributed by atoms with Crippen LogP contribution in [0.15, 0.2) is 36.8 Å². The van der Waals surface area contributed by atoms with Gasteiger partial charge in [0.25, 0.3) is 0 Å². The Balaban J connectivity index is 1.80. The number of rotatable bonds is 4. The van der Waals surface area contributed by atoms with Crippen molar-refractivity contribution in [2.24, 2.45) is 0 Å². The topological polar surface area (TPSA) is 53.9 Å². The van der Waals surface area contributed by atoms with E-state index in [1.807, 2.05) is 31.7 Å². The lowest BCUT2D eigenvalue weighted by Gasteiger charge is -2.35. The minimum atomic E-state index is 0.377. The summed E-state index contributed by atoms with van der Waals surface area (Å²) in [5.74, 6) is 0.696. The molecular weight excluding hydrogens is 262 g/mol. The van der Waals surface area contributed by atoms with E-state index in [0.717, 1.165) is 25.2 Å². The molecule has 0 radical (unpaired) electrons. The van der Waals surface area contributed by atoms with Gasteiger partial charge >= 0.3 is 0 Å². The average molecular weight is 283 g/mol. The fourth-order valence-corrected chi connectivity index (χ4v) is 2.92. The molecule has 1 N–H and O–H groups in total. The van der Waals surface area contributed by atoms with Crippen molar-refractivity contribution in [3.63, 3.8) is 0 Å². The maximum atomic E-state index is 4.63. The van der Waals surface area contributed by atoms with E-state index in [1.165, 1.54) is 18.4 Å². The van der Waals surface area contributed by atoms with Gasteiger partial charge < -0.3 is 5.32 Å². The van der Waals surface area contributed by atoms with Gasteiger partial charge in [0.15, 0.2) is 0 Å². The number of aromatic nitrogens is 3. The molecule has 5 nitrogen and oxygen atoms in total. The standard InChI is InChI=1S/C16H21N5/c1-17-16-19-10-7-14(20-16)15-4-2-3-11-21(15)12-13-5-8-18-9-6-13/h5-10,15H,2-4,11-12H2,1H3,(H,17,19,20)/t15-/m1/s1. The first-order valence-corrected chi connectivity index (χ1v) is 7.50. The molecule has 0 unspecified atom stereocenters. The van der Waals surface area contributed by atoms with Gasteiger partial charge in [0, 0.05) is 32.2 Å². The average Bonchev–Trinajstić information content (AvgIpc) is 2.56. The van der Waals surface area contributed by atoms with E-state index in [0.29, 0.717) is 12.0 Å². The zero-order chi connectivity index (χ0) is 14.5. The highest BCUT2D eigenvalue weighted by Gasteiger charge is 2.25. The lowest BCUT2D eigenvalue weighted by molar-refractivity contribution is 0.137. The summed E-state index contributed by atoms with van der Waals surface area (Å²) in [5, 5.41) is 3.02. The van der Waals surface area contributed by atoms with E-state index in [9.17, 15) is 0 Å². The maximum absolute atomic E-state index is 4.63. The molecular formula is C16H21N5. The molecule has 0 amide bonds. The number of nitrogens with zero attached hydrogens (tertiary/aromatic N) is 4. The summed E-state index contributed by atoms with van der Waals surface area (Å²) in [6.07, 6.45) is 9.23. The Labute approximate surface area is 125 Å². The largest absolute Gasteiger partial charge is 0.357 e. The Morgan fingerprint density at radius 3 is 2.86 bits per heavy atom. The Bertz CT molecular complexity index is 572. The third-order valence-corrected chi connectivity index (χ3v) is 3.99. The van der Waals surface area contributed by atoms with E-state index in [4.69, 9.17) is 0 Å². The third-order valence-electron chi connectivity index (χ3n) is 3.99. The van der Waals surface area contributed by atoms with E-state index < -0.39 is 0 Å². The Hall–Kier alpha value is -2.01. The van der Waals surface area contributed by atoms with Crippen LogP contribution in [0.1, 0.15) is 36.6 Å². The molecule has 2 aromatic heterocycles. The molecule has 3 rings (SSSR count). The van der Waals surface area contributed by atoms with Crippen LogP contribution in [0.25, 0.3) is 0 Å². The molecule has 1 aliphatic heterocycles. The maximum Gasteiger partial charge on any atom is 0.222 e. The van der Waals surface area contributed by atoms with Crippen LogP contribution in [0.4, 0.5) is 5.95 Å². The first-order valence-electron chi connectivity index (χ1n) is 7.50. The summed E-state index contributed by atoms with van der Waals surface area (Å²) in [6, 6.07) is 6.59. The first-order chi connectivity index (χ1) is 10.4. The van der Waals surface area contributed by atoms with Crippen LogP contribution >= 0.6 is 0 Å². The van der Waals surface area contributed by atoms with Gasteiger partial charge in [0.05, 0.1) is 11.7 Å². The second-order valence-electron chi connectivity index (χ2n) is 5.39. The van der Waals surface area contributed by atoms with Gasteiger partial charge in [-0.15, -0.1) is 0 Å². The second kappa shape index (κ2) is 6.63. The van der Waals surface area contributed by atoms with Gasteiger partial charge in [-0.1, -0.05) is 6.42 Å². The Morgan fingerprint density at radius 1 is 1.19 bits per heavy atom. The van der Waals surface area contributed by atoms with E-state index in [2.05, 4.69) is 37.3 Å². The number of hydrogen-bond donors (Lipinski definition) is 1. The van der Waals surface area contributed by atoms with E-state index in [1.54, 1.807) is 0 Å². The molecule has 3 heterocycles. The van der Waals surface area contributed by atoms with Gasteiger partial charge in [0.2, 0.25) is 5.95 Å². The van der Waals surface area contributed by atoms with Crippen LogP contribution in [-0.4, -0.2) is 33.4 Å². The summed E-state index contributed by atoms with van der Waals surface area (Å²) >= 11 is 0. The van der Waals surface area contributed by atoms with Gasteiger partial charge in [-0.2, -0.15) is 0 Å². The molecule has 0 aromatic carbocycles. The SMILES string of the molecule is CNc1nccc([C@H]2CCCCN2Cc2ccncc2)n1. The van der Waals surface area contributed by atoms with Gasteiger partial charge in [-0.3, -0.25) is 9.88 Å². The Kier molecular flexibility index (Phi) is 4.40. The molecule has 1 saturated heterocycles. The summed E-state index contributed by atoms with van der Waals surface area (Å²) < 4.78 is 0. The van der Waals surface area contributed by atoms with Crippen molar-refractivity contribution >= 4 is 5.95 Å². The van der Waals surface area contributed by atoms with Gasteiger partial charge in [0.1, 0.15) is 0 Å². The molecule has 1 aliphatic rings. The number of anilines is 1. The predicted octanol–water partition coefficient (Wildman–Crippen LogP) is 2.64. The quantitative estimate of drug-likeness (QED) is 0.935. The van der Waals surface area contributed by atoms with Crippen LogP contribution in [0.2, 0.25) is 0 Å². The van der Waals surface area contributed by atoms with Crippen LogP contribution in [0, 0.1) is 0 Å². The Morgan fingerprint density at radius 2 is 2.05 bits per heavy atom. The van der Waals surface area contributed by atoms with E-state index >= 15 is 0 Å². The molecule has 5 heteroatoms. The van der Waals surface area contributed by atoms with Crippen LogP contribution in [0.3, 0.4) is 0 Å². The zero-order valence-electron chi connectivity index (χ0n) is 12.4. The number of hydrogen-bond acceptors (Lipinski definition) is 5. The summed E-state index contributed by atoms with van der Waals surface area (Å²) in [6.45, 7) is 2.07. The monoisotopic (exact) mass is 283 g/mol. The molecule has 0 saturated carbocycles. The minimum absolute atomic E-state index is 0.377. The highest BCUT2D eigenvalue weighted by molar-refractivity contribution is 5.25.